The van der Waals surface area contributed by atoms with Crippen LogP contribution < -0.4 is 10.6 Å². The predicted molar refractivity (Wildman–Crippen MR) is 81.9 cm³/mol. The molecule has 2 rings (SSSR count). The van der Waals surface area contributed by atoms with Crippen LogP contribution in [0.25, 0.3) is 10.8 Å². The monoisotopic (exact) mass is 272 g/mol. The van der Waals surface area contributed by atoms with E-state index >= 15 is 0 Å². The fourth-order valence-corrected chi connectivity index (χ4v) is 2.15. The van der Waals surface area contributed by atoms with E-state index in [1.54, 1.807) is 0 Å². The van der Waals surface area contributed by atoms with Crippen LogP contribution in [0.4, 0.5) is 10.5 Å². The van der Waals surface area contributed by atoms with Gasteiger partial charge in [-0.3, -0.25) is 0 Å². The van der Waals surface area contributed by atoms with Crippen LogP contribution >= 0.6 is 0 Å². The molecule has 0 radical (unpaired) electrons. The molecule has 4 heteroatoms. The number of carbonyl (C=O) groups excluding carboxylic acids is 1. The Morgan fingerprint density at radius 1 is 1.20 bits per heavy atom. The first kappa shape index (κ1) is 14.3. The number of fused-ring (bicyclic) bond motifs is 1. The van der Waals surface area contributed by atoms with Crippen molar-refractivity contribution in [3.63, 3.8) is 0 Å². The van der Waals surface area contributed by atoms with Gasteiger partial charge in [0.15, 0.2) is 0 Å². The van der Waals surface area contributed by atoms with E-state index in [1.165, 1.54) is 0 Å². The molecule has 0 saturated carbocycles. The standard InChI is InChI=1S/C16H20N2O2/c1-2-14(9-10-19)17-16(20)18-15-8-7-12-5-3-4-6-13(12)11-15/h3-8,11,14,19H,2,9-10H2,1H3,(H2,17,18,20). The first-order valence-electron chi connectivity index (χ1n) is 6.90. The number of hydrogen-bond donors (Lipinski definition) is 3. The molecule has 0 heterocycles. The van der Waals surface area contributed by atoms with E-state index in [1.807, 2.05) is 49.4 Å². The van der Waals surface area contributed by atoms with Gasteiger partial charge in [-0.05, 0) is 35.7 Å². The Balaban J connectivity index is 2.02. The van der Waals surface area contributed by atoms with Crippen molar-refractivity contribution in [2.24, 2.45) is 0 Å². The summed E-state index contributed by atoms with van der Waals surface area (Å²) in [6.45, 7) is 2.06. The summed E-state index contributed by atoms with van der Waals surface area (Å²) in [6, 6.07) is 13.6. The van der Waals surface area contributed by atoms with Crippen molar-refractivity contribution in [1.29, 1.82) is 0 Å². The Labute approximate surface area is 118 Å². The van der Waals surface area contributed by atoms with Crippen LogP contribution in [-0.2, 0) is 0 Å². The summed E-state index contributed by atoms with van der Waals surface area (Å²) in [4.78, 5) is 11.9. The van der Waals surface area contributed by atoms with Crippen LogP contribution in [0.2, 0.25) is 0 Å². The van der Waals surface area contributed by atoms with Crippen molar-refractivity contribution in [2.75, 3.05) is 11.9 Å². The Morgan fingerprint density at radius 3 is 2.65 bits per heavy atom. The highest BCUT2D eigenvalue weighted by Crippen LogP contribution is 2.18. The highest BCUT2D eigenvalue weighted by atomic mass is 16.3. The number of anilines is 1. The number of hydrogen-bond acceptors (Lipinski definition) is 2. The van der Waals surface area contributed by atoms with Gasteiger partial charge in [0.05, 0.1) is 0 Å². The molecular formula is C16H20N2O2. The lowest BCUT2D eigenvalue weighted by atomic mass is 10.1. The Hall–Kier alpha value is -2.07. The molecule has 1 unspecified atom stereocenters. The Kier molecular flexibility index (Phi) is 4.96. The lowest BCUT2D eigenvalue weighted by molar-refractivity contribution is 0.237. The third kappa shape index (κ3) is 3.71. The third-order valence-corrected chi connectivity index (χ3v) is 3.31. The highest BCUT2D eigenvalue weighted by Gasteiger charge is 2.09. The first-order valence-corrected chi connectivity index (χ1v) is 6.90. The lowest BCUT2D eigenvalue weighted by Gasteiger charge is -2.16. The van der Waals surface area contributed by atoms with Crippen LogP contribution in [0, 0.1) is 0 Å². The number of rotatable bonds is 5. The van der Waals surface area contributed by atoms with Crippen LogP contribution in [-0.4, -0.2) is 23.8 Å². The van der Waals surface area contributed by atoms with E-state index in [-0.39, 0.29) is 18.7 Å². The van der Waals surface area contributed by atoms with Gasteiger partial charge in [-0.2, -0.15) is 0 Å². The van der Waals surface area contributed by atoms with E-state index in [2.05, 4.69) is 10.6 Å². The molecule has 0 aliphatic rings. The van der Waals surface area contributed by atoms with Crippen molar-refractivity contribution in [2.45, 2.75) is 25.8 Å². The first-order chi connectivity index (χ1) is 9.72. The number of aliphatic hydroxyl groups excluding tert-OH is 1. The SMILES string of the molecule is CCC(CCO)NC(=O)Nc1ccc2ccccc2c1. The van der Waals surface area contributed by atoms with Crippen LogP contribution in [0.5, 0.6) is 0 Å². The van der Waals surface area contributed by atoms with Gasteiger partial charge >= 0.3 is 6.03 Å². The summed E-state index contributed by atoms with van der Waals surface area (Å²) < 4.78 is 0. The molecule has 20 heavy (non-hydrogen) atoms. The second-order valence-electron chi connectivity index (χ2n) is 4.78. The molecule has 4 nitrogen and oxygen atoms in total. The zero-order valence-corrected chi connectivity index (χ0v) is 11.6. The molecule has 0 aliphatic heterocycles. The summed E-state index contributed by atoms with van der Waals surface area (Å²) in [5, 5.41) is 16.8. The maximum atomic E-state index is 11.9. The fraction of sp³-hybridized carbons (Fsp3) is 0.312. The largest absolute Gasteiger partial charge is 0.396 e. The van der Waals surface area contributed by atoms with Gasteiger partial charge < -0.3 is 15.7 Å². The van der Waals surface area contributed by atoms with E-state index < -0.39 is 0 Å². The molecular weight excluding hydrogens is 252 g/mol. The Bertz CT molecular complexity index is 583. The summed E-state index contributed by atoms with van der Waals surface area (Å²) in [5.74, 6) is 0. The number of benzene rings is 2. The predicted octanol–water partition coefficient (Wildman–Crippen LogP) is 3.12. The van der Waals surface area contributed by atoms with E-state index in [0.29, 0.717) is 6.42 Å². The number of nitrogens with one attached hydrogen (secondary N) is 2. The second-order valence-corrected chi connectivity index (χ2v) is 4.78. The van der Waals surface area contributed by atoms with E-state index in [0.717, 1.165) is 22.9 Å². The van der Waals surface area contributed by atoms with Gasteiger partial charge in [-0.1, -0.05) is 37.3 Å². The normalized spacial score (nSPS) is 12.1. The molecule has 2 aromatic carbocycles. The van der Waals surface area contributed by atoms with Crippen molar-refractivity contribution >= 4 is 22.5 Å². The number of aliphatic hydroxyl groups is 1. The summed E-state index contributed by atoms with van der Waals surface area (Å²) in [5.41, 5.74) is 0.764. The average Bonchev–Trinajstić information content (AvgIpc) is 2.46. The summed E-state index contributed by atoms with van der Waals surface area (Å²) in [6.07, 6.45) is 1.37. The maximum absolute atomic E-state index is 11.9. The molecule has 106 valence electrons. The van der Waals surface area contributed by atoms with Gasteiger partial charge in [0.2, 0.25) is 0 Å². The summed E-state index contributed by atoms with van der Waals surface area (Å²) >= 11 is 0. The quantitative estimate of drug-likeness (QED) is 0.783. The average molecular weight is 272 g/mol. The van der Waals surface area contributed by atoms with E-state index in [4.69, 9.17) is 5.11 Å². The van der Waals surface area contributed by atoms with Gasteiger partial charge in [0, 0.05) is 18.3 Å². The topological polar surface area (TPSA) is 61.4 Å². The van der Waals surface area contributed by atoms with Gasteiger partial charge in [0.25, 0.3) is 0 Å². The van der Waals surface area contributed by atoms with Crippen LogP contribution in [0.15, 0.2) is 42.5 Å². The molecule has 0 aliphatic carbocycles. The molecule has 1 atom stereocenters. The molecule has 0 aromatic heterocycles. The maximum Gasteiger partial charge on any atom is 0.319 e. The highest BCUT2D eigenvalue weighted by molar-refractivity contribution is 5.93. The van der Waals surface area contributed by atoms with Crippen molar-refractivity contribution in [3.05, 3.63) is 42.5 Å². The smallest absolute Gasteiger partial charge is 0.319 e. The molecule has 0 fully saturated rings. The number of amides is 2. The van der Waals surface area contributed by atoms with Crippen molar-refractivity contribution in [1.82, 2.24) is 5.32 Å². The minimum absolute atomic E-state index is 0.000423. The molecule has 0 saturated heterocycles. The molecule has 2 aromatic rings. The Morgan fingerprint density at radius 2 is 1.95 bits per heavy atom. The van der Waals surface area contributed by atoms with Crippen LogP contribution in [0.3, 0.4) is 0 Å². The fourth-order valence-electron chi connectivity index (χ4n) is 2.15. The zero-order valence-electron chi connectivity index (χ0n) is 11.6. The summed E-state index contributed by atoms with van der Waals surface area (Å²) in [7, 11) is 0. The van der Waals surface area contributed by atoms with Crippen molar-refractivity contribution < 1.29 is 9.90 Å². The lowest BCUT2D eigenvalue weighted by Crippen LogP contribution is -2.38. The minimum Gasteiger partial charge on any atom is -0.396 e. The van der Waals surface area contributed by atoms with Gasteiger partial charge in [-0.15, -0.1) is 0 Å². The second kappa shape index (κ2) is 6.91. The molecule has 0 bridgehead atoms. The number of carbonyl (C=O) groups is 1. The molecule has 2 amide bonds. The molecule has 3 N–H and O–H groups in total. The molecule has 0 spiro atoms. The minimum atomic E-state index is -0.236. The zero-order chi connectivity index (χ0) is 14.4. The van der Waals surface area contributed by atoms with Crippen molar-refractivity contribution in [3.8, 4) is 0 Å². The van der Waals surface area contributed by atoms with Gasteiger partial charge in [-0.25, -0.2) is 4.79 Å². The van der Waals surface area contributed by atoms with E-state index in [9.17, 15) is 4.79 Å². The van der Waals surface area contributed by atoms with Crippen LogP contribution in [0.1, 0.15) is 19.8 Å². The third-order valence-electron chi connectivity index (χ3n) is 3.31. The number of urea groups is 1. The van der Waals surface area contributed by atoms with Gasteiger partial charge in [0.1, 0.15) is 0 Å².